The fourth-order valence-electron chi connectivity index (χ4n) is 2.27. The Morgan fingerprint density at radius 3 is 2.78 bits per heavy atom. The molecule has 0 unspecified atom stereocenters. The number of hydrazone groups is 1. The zero-order valence-electron chi connectivity index (χ0n) is 13.5. The molecule has 0 N–H and O–H groups in total. The van der Waals surface area contributed by atoms with Crippen LogP contribution in [-0.2, 0) is 0 Å². The predicted molar refractivity (Wildman–Crippen MR) is 98.1 cm³/mol. The third-order valence-corrected chi connectivity index (χ3v) is 4.49. The number of hydrogen-bond acceptors (Lipinski definition) is 8. The zero-order valence-corrected chi connectivity index (χ0v) is 14.3. The van der Waals surface area contributed by atoms with Gasteiger partial charge in [-0.1, -0.05) is 23.5 Å². The number of aromatic nitrogens is 1. The molecule has 0 radical (unpaired) electrons. The number of rotatable bonds is 5. The first-order valence-corrected chi connectivity index (χ1v) is 8.45. The first-order chi connectivity index (χ1) is 13.1. The maximum atomic E-state index is 12.8. The Balaban J connectivity index is 1.72. The fraction of sp³-hybridized carbons (Fsp3) is 0. The van der Waals surface area contributed by atoms with Crippen LogP contribution in [0.25, 0.3) is 10.2 Å². The van der Waals surface area contributed by atoms with Crippen LogP contribution in [0.3, 0.4) is 0 Å². The number of furan rings is 2. The second-order valence-corrected chi connectivity index (χ2v) is 6.25. The van der Waals surface area contributed by atoms with Gasteiger partial charge >= 0.3 is 11.8 Å². The van der Waals surface area contributed by atoms with Crippen LogP contribution >= 0.6 is 11.3 Å². The Morgan fingerprint density at radius 2 is 2.07 bits per heavy atom. The Morgan fingerprint density at radius 1 is 1.22 bits per heavy atom. The Labute approximate surface area is 155 Å². The molecule has 0 aliphatic heterocycles. The van der Waals surface area contributed by atoms with Gasteiger partial charge in [0.2, 0.25) is 5.13 Å². The van der Waals surface area contributed by atoms with Crippen LogP contribution in [0.15, 0.2) is 68.7 Å². The smallest absolute Gasteiger partial charge is 0.433 e. The van der Waals surface area contributed by atoms with Crippen molar-refractivity contribution in [3.63, 3.8) is 0 Å². The first kappa shape index (κ1) is 16.7. The lowest BCUT2D eigenvalue weighted by atomic mass is 10.3. The second-order valence-electron chi connectivity index (χ2n) is 5.24. The molecule has 4 aromatic rings. The summed E-state index contributed by atoms with van der Waals surface area (Å²) in [5.74, 6) is -0.742. The summed E-state index contributed by atoms with van der Waals surface area (Å²) in [7, 11) is 0. The molecule has 0 aliphatic rings. The summed E-state index contributed by atoms with van der Waals surface area (Å²) >= 11 is 1.28. The molecule has 10 heteroatoms. The minimum Gasteiger partial charge on any atom is -0.459 e. The number of benzene rings is 1. The Bertz CT molecular complexity index is 1110. The topological polar surface area (TPSA) is 115 Å². The van der Waals surface area contributed by atoms with Crippen molar-refractivity contribution in [1.29, 1.82) is 0 Å². The van der Waals surface area contributed by atoms with E-state index in [0.29, 0.717) is 5.13 Å². The van der Waals surface area contributed by atoms with Crippen LogP contribution in [0.1, 0.15) is 16.3 Å². The summed E-state index contributed by atoms with van der Waals surface area (Å²) in [6.45, 7) is 0. The van der Waals surface area contributed by atoms with Crippen molar-refractivity contribution in [2.24, 2.45) is 5.10 Å². The van der Waals surface area contributed by atoms with E-state index < -0.39 is 16.7 Å². The third kappa shape index (κ3) is 3.33. The van der Waals surface area contributed by atoms with Crippen molar-refractivity contribution < 1.29 is 18.6 Å². The lowest BCUT2D eigenvalue weighted by Gasteiger charge is -2.11. The number of carbonyl (C=O) groups is 1. The number of thiazole rings is 1. The van der Waals surface area contributed by atoms with Crippen LogP contribution in [-0.4, -0.2) is 22.0 Å². The van der Waals surface area contributed by atoms with E-state index >= 15 is 0 Å². The molecule has 0 spiro atoms. The van der Waals surface area contributed by atoms with Gasteiger partial charge in [-0.25, -0.2) is 4.98 Å². The molecule has 0 saturated carbocycles. The Kier molecular flexibility index (Phi) is 4.22. The van der Waals surface area contributed by atoms with E-state index in [2.05, 4.69) is 10.1 Å². The van der Waals surface area contributed by atoms with Crippen LogP contribution in [0, 0.1) is 10.1 Å². The van der Waals surface area contributed by atoms with Crippen molar-refractivity contribution in [3.8, 4) is 0 Å². The molecule has 0 fully saturated rings. The SMILES string of the molecule is O=C(c1ccco1)N(/N=C\c1ccc([N+](=O)[O-])o1)c1nc2ccccc2s1. The summed E-state index contributed by atoms with van der Waals surface area (Å²) in [6, 6.07) is 13.1. The number of amides is 1. The summed E-state index contributed by atoms with van der Waals surface area (Å²) < 4.78 is 11.1. The summed E-state index contributed by atoms with van der Waals surface area (Å²) in [6.07, 6.45) is 2.59. The standard InChI is InChI=1S/C17H10N4O5S/c22-16(13-5-3-9-25-13)20(17-19-12-4-1-2-6-14(12)27-17)18-10-11-7-8-15(26-11)21(23)24/h1-10H/b18-10-. The first-order valence-electron chi connectivity index (χ1n) is 7.63. The van der Waals surface area contributed by atoms with E-state index in [1.54, 1.807) is 6.07 Å². The van der Waals surface area contributed by atoms with Crippen LogP contribution in [0.2, 0.25) is 0 Å². The van der Waals surface area contributed by atoms with Crippen LogP contribution in [0.4, 0.5) is 11.0 Å². The highest BCUT2D eigenvalue weighted by atomic mass is 32.1. The minimum absolute atomic E-state index is 0.0804. The van der Waals surface area contributed by atoms with E-state index in [-0.39, 0.29) is 11.5 Å². The number of para-hydroxylation sites is 1. The molecule has 3 heterocycles. The zero-order chi connectivity index (χ0) is 18.8. The van der Waals surface area contributed by atoms with Gasteiger partial charge in [-0.15, -0.1) is 0 Å². The van der Waals surface area contributed by atoms with Crippen LogP contribution in [0.5, 0.6) is 0 Å². The molecule has 0 aliphatic carbocycles. The van der Waals surface area contributed by atoms with Gasteiger partial charge in [0.15, 0.2) is 11.5 Å². The quantitative estimate of drug-likeness (QED) is 0.292. The summed E-state index contributed by atoms with van der Waals surface area (Å²) in [4.78, 5) is 27.2. The fourth-order valence-corrected chi connectivity index (χ4v) is 3.19. The lowest BCUT2D eigenvalue weighted by molar-refractivity contribution is -0.402. The number of hydrogen-bond donors (Lipinski definition) is 0. The van der Waals surface area contributed by atoms with E-state index in [1.807, 2.05) is 24.3 Å². The lowest BCUT2D eigenvalue weighted by Crippen LogP contribution is -2.25. The van der Waals surface area contributed by atoms with Gasteiger partial charge in [0, 0.05) is 0 Å². The van der Waals surface area contributed by atoms with Crippen molar-refractivity contribution >= 4 is 44.7 Å². The summed E-state index contributed by atoms with van der Waals surface area (Å²) in [5.41, 5.74) is 0.721. The predicted octanol–water partition coefficient (Wildman–Crippen LogP) is 4.07. The molecule has 1 aromatic carbocycles. The molecular weight excluding hydrogens is 372 g/mol. The van der Waals surface area contributed by atoms with Gasteiger partial charge < -0.3 is 8.83 Å². The van der Waals surface area contributed by atoms with Gasteiger partial charge in [0.05, 0.1) is 28.8 Å². The summed E-state index contributed by atoms with van der Waals surface area (Å²) in [5, 5.41) is 16.2. The van der Waals surface area contributed by atoms with Gasteiger partial charge in [-0.05, 0) is 30.3 Å². The molecule has 0 bridgehead atoms. The molecule has 134 valence electrons. The molecule has 27 heavy (non-hydrogen) atoms. The van der Waals surface area contributed by atoms with E-state index in [9.17, 15) is 14.9 Å². The molecule has 0 atom stereocenters. The highest BCUT2D eigenvalue weighted by molar-refractivity contribution is 7.22. The van der Waals surface area contributed by atoms with Gasteiger partial charge in [-0.2, -0.15) is 10.1 Å². The molecular formula is C17H10N4O5S. The van der Waals surface area contributed by atoms with Crippen molar-refractivity contribution in [2.75, 3.05) is 5.01 Å². The molecule has 0 saturated heterocycles. The van der Waals surface area contributed by atoms with Crippen LogP contribution < -0.4 is 5.01 Å². The number of nitro groups is 1. The number of carbonyl (C=O) groups excluding carboxylic acids is 1. The van der Waals surface area contributed by atoms with Crippen molar-refractivity contribution in [3.05, 3.63) is 76.4 Å². The van der Waals surface area contributed by atoms with Gasteiger partial charge in [0.1, 0.15) is 4.92 Å². The molecule has 4 rings (SSSR count). The molecule has 9 nitrogen and oxygen atoms in total. The van der Waals surface area contributed by atoms with E-state index in [4.69, 9.17) is 8.83 Å². The monoisotopic (exact) mass is 382 g/mol. The molecule has 3 aromatic heterocycles. The Hall–Kier alpha value is -3.79. The second kappa shape index (κ2) is 6.84. The average molecular weight is 382 g/mol. The number of anilines is 1. The number of fused-ring (bicyclic) bond motifs is 1. The molecule has 1 amide bonds. The minimum atomic E-state index is -0.656. The van der Waals surface area contributed by atoms with E-state index in [1.165, 1.54) is 42.0 Å². The van der Waals surface area contributed by atoms with Crippen molar-refractivity contribution in [2.45, 2.75) is 0 Å². The highest BCUT2D eigenvalue weighted by Crippen LogP contribution is 2.30. The maximum Gasteiger partial charge on any atom is 0.433 e. The van der Waals surface area contributed by atoms with Gasteiger partial charge in [0.25, 0.3) is 0 Å². The van der Waals surface area contributed by atoms with Crippen molar-refractivity contribution in [1.82, 2.24) is 4.98 Å². The highest BCUT2D eigenvalue weighted by Gasteiger charge is 2.23. The van der Waals surface area contributed by atoms with E-state index in [0.717, 1.165) is 15.2 Å². The third-order valence-electron chi connectivity index (χ3n) is 3.48. The number of nitrogens with zero attached hydrogens (tertiary/aromatic N) is 4. The largest absolute Gasteiger partial charge is 0.459 e. The average Bonchev–Trinajstić information content (AvgIpc) is 3.41. The van der Waals surface area contributed by atoms with Gasteiger partial charge in [-0.3, -0.25) is 14.9 Å². The normalized spacial score (nSPS) is 11.3. The maximum absolute atomic E-state index is 12.8.